The Morgan fingerprint density at radius 1 is 1.45 bits per heavy atom. The van der Waals surface area contributed by atoms with Gasteiger partial charge in [-0.05, 0) is 31.4 Å². The third-order valence-electron chi connectivity index (χ3n) is 3.97. The van der Waals surface area contributed by atoms with E-state index >= 15 is 0 Å². The molecule has 1 aromatic rings. The molecular weight excluding hydrogens is 321 g/mol. The molecule has 5 heteroatoms. The molecule has 1 aliphatic rings. The molecule has 0 aromatic heterocycles. The van der Waals surface area contributed by atoms with Crippen molar-refractivity contribution in [1.82, 2.24) is 0 Å². The molecule has 1 unspecified atom stereocenters. The molecule has 124 valence electrons. The van der Waals surface area contributed by atoms with Crippen molar-refractivity contribution in [2.75, 3.05) is 19.1 Å². The quantitative estimate of drug-likeness (QED) is 0.452. The van der Waals surface area contributed by atoms with Crippen molar-refractivity contribution >= 4 is 29.9 Å². The second-order valence-electron chi connectivity index (χ2n) is 6.11. The Balaban J connectivity index is 0.00000242. The minimum Gasteiger partial charge on any atom is -0.492 e. The van der Waals surface area contributed by atoms with Crippen LogP contribution >= 0.6 is 24.0 Å². The summed E-state index contributed by atoms with van der Waals surface area (Å²) < 4.78 is 11.2. The lowest BCUT2D eigenvalue weighted by Crippen LogP contribution is -2.19. The molecule has 1 atom stereocenters. The summed E-state index contributed by atoms with van der Waals surface area (Å²) in [6, 6.07) is 6.24. The lowest BCUT2D eigenvalue weighted by Gasteiger charge is -2.21. The van der Waals surface area contributed by atoms with E-state index < -0.39 is 0 Å². The zero-order valence-corrected chi connectivity index (χ0v) is 15.0. The third kappa shape index (κ3) is 4.08. The molecule has 0 fully saturated rings. The summed E-state index contributed by atoms with van der Waals surface area (Å²) >= 11 is 5.82. The van der Waals surface area contributed by atoms with E-state index in [0.29, 0.717) is 25.0 Å². The molecule has 0 saturated heterocycles. The second-order valence-corrected chi connectivity index (χ2v) is 6.49. The minimum absolute atomic E-state index is 0. The van der Waals surface area contributed by atoms with E-state index in [4.69, 9.17) is 26.5 Å². The molecule has 0 saturated carbocycles. The number of benzene rings is 1. The van der Waals surface area contributed by atoms with Crippen molar-refractivity contribution in [2.45, 2.75) is 44.9 Å². The van der Waals surface area contributed by atoms with Crippen molar-refractivity contribution in [1.29, 1.82) is 5.41 Å². The van der Waals surface area contributed by atoms with Gasteiger partial charge < -0.3 is 9.47 Å². The average molecular weight is 346 g/mol. The van der Waals surface area contributed by atoms with E-state index in [1.165, 1.54) is 5.56 Å². The van der Waals surface area contributed by atoms with E-state index in [2.05, 4.69) is 19.9 Å². The number of hydrogen-bond donors (Lipinski definition) is 1. The van der Waals surface area contributed by atoms with Crippen LogP contribution in [0.5, 0.6) is 5.75 Å². The summed E-state index contributed by atoms with van der Waals surface area (Å²) in [4.78, 5) is 0. The number of hydrogen-bond acceptors (Lipinski definition) is 3. The Labute approximate surface area is 144 Å². The number of ether oxygens (including phenoxy) is 2. The molecule has 0 bridgehead atoms. The van der Waals surface area contributed by atoms with Crippen molar-refractivity contribution in [3.05, 3.63) is 29.3 Å². The molecule has 1 heterocycles. The number of halogens is 2. The normalized spacial score (nSPS) is 16.2. The van der Waals surface area contributed by atoms with Gasteiger partial charge in [-0.2, -0.15) is 0 Å². The van der Waals surface area contributed by atoms with Gasteiger partial charge in [-0.3, -0.25) is 5.41 Å². The van der Waals surface area contributed by atoms with Crippen molar-refractivity contribution < 1.29 is 9.47 Å². The molecule has 22 heavy (non-hydrogen) atoms. The maximum absolute atomic E-state index is 8.16. The maximum Gasteiger partial charge on any atom is 0.188 e. The van der Waals surface area contributed by atoms with Crippen molar-refractivity contribution in [3.63, 3.8) is 0 Å². The van der Waals surface area contributed by atoms with Gasteiger partial charge in [-0.25, -0.2) is 0 Å². The molecule has 0 aliphatic carbocycles. The molecule has 1 aliphatic heterocycles. The van der Waals surface area contributed by atoms with Crippen LogP contribution in [0.3, 0.4) is 0 Å². The van der Waals surface area contributed by atoms with Gasteiger partial charge in [0, 0.05) is 16.9 Å². The Bertz CT molecular complexity index is 517. The average Bonchev–Trinajstić information content (AvgIpc) is 2.75. The van der Waals surface area contributed by atoms with E-state index in [9.17, 15) is 0 Å². The summed E-state index contributed by atoms with van der Waals surface area (Å²) in [5, 5.41) is 8.16. The SMILES string of the molecule is CCOC(=N)C(CCCCl)c1ccc2c(c1)C(C)(C)CO2.Cl. The first kappa shape index (κ1) is 19.1. The van der Waals surface area contributed by atoms with Gasteiger partial charge >= 0.3 is 0 Å². The summed E-state index contributed by atoms with van der Waals surface area (Å²) in [6.07, 6.45) is 1.71. The second kappa shape index (κ2) is 8.07. The zero-order chi connectivity index (χ0) is 15.5. The van der Waals surface area contributed by atoms with Gasteiger partial charge in [0.2, 0.25) is 0 Å². The fourth-order valence-corrected chi connectivity index (χ4v) is 2.90. The first-order valence-electron chi connectivity index (χ1n) is 7.54. The Morgan fingerprint density at radius 3 is 2.82 bits per heavy atom. The molecule has 1 N–H and O–H groups in total. The first-order chi connectivity index (χ1) is 9.99. The fraction of sp³-hybridized carbons (Fsp3) is 0.588. The fourth-order valence-electron chi connectivity index (χ4n) is 2.74. The highest BCUT2D eigenvalue weighted by molar-refractivity contribution is 6.17. The van der Waals surface area contributed by atoms with Gasteiger partial charge in [0.1, 0.15) is 5.75 Å². The summed E-state index contributed by atoms with van der Waals surface area (Å²) in [5.41, 5.74) is 2.37. The summed E-state index contributed by atoms with van der Waals surface area (Å²) in [6.45, 7) is 7.51. The number of fused-ring (bicyclic) bond motifs is 1. The van der Waals surface area contributed by atoms with Crippen LogP contribution in [0.1, 0.15) is 50.7 Å². The number of nitrogens with one attached hydrogen (secondary N) is 1. The summed E-state index contributed by atoms with van der Waals surface area (Å²) in [7, 11) is 0. The van der Waals surface area contributed by atoms with Crippen LogP contribution in [0.2, 0.25) is 0 Å². The van der Waals surface area contributed by atoms with Crippen LogP contribution in [-0.4, -0.2) is 25.0 Å². The molecule has 0 amide bonds. The third-order valence-corrected chi connectivity index (χ3v) is 4.23. The van der Waals surface area contributed by atoms with E-state index in [1.807, 2.05) is 19.1 Å². The monoisotopic (exact) mass is 345 g/mol. The van der Waals surface area contributed by atoms with E-state index in [-0.39, 0.29) is 23.7 Å². The van der Waals surface area contributed by atoms with E-state index in [1.54, 1.807) is 0 Å². The van der Waals surface area contributed by atoms with Crippen molar-refractivity contribution in [2.24, 2.45) is 0 Å². The van der Waals surface area contributed by atoms with Gasteiger partial charge in [0.25, 0.3) is 0 Å². The molecule has 3 nitrogen and oxygen atoms in total. The lowest BCUT2D eigenvalue weighted by atomic mass is 9.83. The Kier molecular flexibility index (Phi) is 7.01. The van der Waals surface area contributed by atoms with Gasteiger partial charge in [-0.15, -0.1) is 24.0 Å². The minimum atomic E-state index is -0.0228. The highest BCUT2D eigenvalue weighted by Crippen LogP contribution is 2.40. The molecule has 0 radical (unpaired) electrons. The maximum atomic E-state index is 8.16. The van der Waals surface area contributed by atoms with Crippen LogP contribution in [0, 0.1) is 5.41 Å². The van der Waals surface area contributed by atoms with Crippen LogP contribution < -0.4 is 4.74 Å². The van der Waals surface area contributed by atoms with Crippen molar-refractivity contribution in [3.8, 4) is 5.75 Å². The number of rotatable bonds is 6. The smallest absolute Gasteiger partial charge is 0.188 e. The standard InChI is InChI=1S/C17H24ClNO2.ClH/c1-4-20-16(19)13(6-5-9-18)12-7-8-15-14(10-12)17(2,3)11-21-15;/h7-8,10,13,19H,4-6,9,11H2,1-3H3;1H. The largest absolute Gasteiger partial charge is 0.492 e. The predicted molar refractivity (Wildman–Crippen MR) is 94.3 cm³/mol. The van der Waals surface area contributed by atoms with Crippen LogP contribution in [0.25, 0.3) is 0 Å². The van der Waals surface area contributed by atoms with E-state index in [0.717, 1.165) is 24.2 Å². The lowest BCUT2D eigenvalue weighted by molar-refractivity contribution is 0.291. The summed E-state index contributed by atoms with van der Waals surface area (Å²) in [5.74, 6) is 1.88. The molecular formula is C17H25Cl2NO2. The highest BCUT2D eigenvalue weighted by atomic mass is 35.5. The van der Waals surface area contributed by atoms with Crippen LogP contribution in [0.4, 0.5) is 0 Å². The van der Waals surface area contributed by atoms with Gasteiger partial charge in [-0.1, -0.05) is 26.0 Å². The van der Waals surface area contributed by atoms with Crippen LogP contribution in [0.15, 0.2) is 18.2 Å². The van der Waals surface area contributed by atoms with Crippen LogP contribution in [-0.2, 0) is 10.2 Å². The molecule has 1 aromatic carbocycles. The highest BCUT2D eigenvalue weighted by Gasteiger charge is 2.32. The van der Waals surface area contributed by atoms with Gasteiger partial charge in [0.05, 0.1) is 19.1 Å². The Morgan fingerprint density at radius 2 is 2.18 bits per heavy atom. The zero-order valence-electron chi connectivity index (χ0n) is 13.4. The predicted octanol–water partition coefficient (Wildman–Crippen LogP) is 4.89. The first-order valence-corrected chi connectivity index (χ1v) is 8.07. The number of alkyl halides is 1. The topological polar surface area (TPSA) is 42.3 Å². The Hall–Kier alpha value is -0.930. The molecule has 2 rings (SSSR count). The van der Waals surface area contributed by atoms with Gasteiger partial charge in [0.15, 0.2) is 5.90 Å². The molecule has 0 spiro atoms.